The molecule has 0 unspecified atom stereocenters. The van der Waals surface area contributed by atoms with E-state index in [0.29, 0.717) is 0 Å². The third-order valence-electron chi connectivity index (χ3n) is 2.93. The molecule has 2 aromatic carbocycles. The molecule has 3 aromatic rings. The van der Waals surface area contributed by atoms with Gasteiger partial charge in [-0.3, -0.25) is 0 Å². The summed E-state index contributed by atoms with van der Waals surface area (Å²) in [4.78, 5) is 4.26. The van der Waals surface area contributed by atoms with Gasteiger partial charge in [-0.05, 0) is 42.0 Å². The van der Waals surface area contributed by atoms with Crippen molar-refractivity contribution in [1.82, 2.24) is 4.98 Å². The van der Waals surface area contributed by atoms with E-state index in [1.165, 1.54) is 16.3 Å². The monoisotopic (exact) mass is 234 g/mol. The zero-order chi connectivity index (χ0) is 12.4. The Kier molecular flexibility index (Phi) is 2.69. The van der Waals surface area contributed by atoms with E-state index < -0.39 is 0 Å². The summed E-state index contributed by atoms with van der Waals surface area (Å²) in [5.74, 6) is 0.865. The lowest BCUT2D eigenvalue weighted by Gasteiger charge is -2.07. The Hall–Kier alpha value is -2.35. The van der Waals surface area contributed by atoms with Crippen molar-refractivity contribution in [2.24, 2.45) is 0 Å². The van der Waals surface area contributed by atoms with E-state index in [9.17, 15) is 0 Å². The highest BCUT2D eigenvalue weighted by Crippen LogP contribution is 2.22. The Morgan fingerprint density at radius 1 is 0.889 bits per heavy atom. The van der Waals surface area contributed by atoms with Crippen molar-refractivity contribution in [1.29, 1.82) is 0 Å². The van der Waals surface area contributed by atoms with Crippen molar-refractivity contribution in [3.8, 4) is 0 Å². The standard InChI is InChI=1S/C16H14N2/c1-12-5-6-14-11-15(8-7-13(14)10-12)18-16-4-2-3-9-17-16/h2-11H,1H3,(H,17,18). The van der Waals surface area contributed by atoms with Crippen molar-refractivity contribution in [2.45, 2.75) is 6.92 Å². The highest BCUT2D eigenvalue weighted by Gasteiger charge is 1.98. The third-order valence-corrected chi connectivity index (χ3v) is 2.93. The van der Waals surface area contributed by atoms with Gasteiger partial charge in [0.1, 0.15) is 5.82 Å². The zero-order valence-electron chi connectivity index (χ0n) is 10.2. The molecule has 0 saturated heterocycles. The Morgan fingerprint density at radius 3 is 2.56 bits per heavy atom. The molecule has 1 heterocycles. The SMILES string of the molecule is Cc1ccc2cc(Nc3ccccn3)ccc2c1. The smallest absolute Gasteiger partial charge is 0.130 e. The number of aryl methyl sites for hydroxylation is 1. The van der Waals surface area contributed by atoms with Gasteiger partial charge in [0, 0.05) is 11.9 Å². The maximum atomic E-state index is 4.26. The van der Waals surface area contributed by atoms with Crippen molar-refractivity contribution >= 4 is 22.3 Å². The van der Waals surface area contributed by atoms with Gasteiger partial charge in [-0.15, -0.1) is 0 Å². The van der Waals surface area contributed by atoms with Crippen LogP contribution in [0.5, 0.6) is 0 Å². The van der Waals surface area contributed by atoms with Crippen LogP contribution in [0.4, 0.5) is 11.5 Å². The van der Waals surface area contributed by atoms with Crippen molar-refractivity contribution in [2.75, 3.05) is 5.32 Å². The van der Waals surface area contributed by atoms with Gasteiger partial charge >= 0.3 is 0 Å². The molecule has 0 aliphatic carbocycles. The molecule has 1 N–H and O–H groups in total. The molecule has 2 nitrogen and oxygen atoms in total. The number of hydrogen-bond donors (Lipinski definition) is 1. The van der Waals surface area contributed by atoms with Crippen LogP contribution in [-0.4, -0.2) is 4.98 Å². The molecule has 2 heteroatoms. The van der Waals surface area contributed by atoms with Crippen molar-refractivity contribution in [3.05, 3.63) is 66.4 Å². The van der Waals surface area contributed by atoms with Gasteiger partial charge in [0.15, 0.2) is 0 Å². The molecule has 0 atom stereocenters. The maximum Gasteiger partial charge on any atom is 0.130 e. The first-order chi connectivity index (χ1) is 8.81. The fourth-order valence-electron chi connectivity index (χ4n) is 2.03. The van der Waals surface area contributed by atoms with E-state index in [-0.39, 0.29) is 0 Å². The largest absolute Gasteiger partial charge is 0.340 e. The fraction of sp³-hybridized carbons (Fsp3) is 0.0625. The van der Waals surface area contributed by atoms with Crippen LogP contribution >= 0.6 is 0 Å². The number of nitrogens with one attached hydrogen (secondary N) is 1. The maximum absolute atomic E-state index is 4.26. The van der Waals surface area contributed by atoms with Crippen LogP contribution in [0.3, 0.4) is 0 Å². The number of benzene rings is 2. The van der Waals surface area contributed by atoms with Gasteiger partial charge in [0.25, 0.3) is 0 Å². The van der Waals surface area contributed by atoms with Crippen LogP contribution in [0.2, 0.25) is 0 Å². The minimum atomic E-state index is 0.865. The average molecular weight is 234 g/mol. The van der Waals surface area contributed by atoms with Crippen molar-refractivity contribution in [3.63, 3.8) is 0 Å². The molecule has 0 fully saturated rings. The molecule has 3 rings (SSSR count). The predicted molar refractivity (Wildman–Crippen MR) is 76.2 cm³/mol. The summed E-state index contributed by atoms with van der Waals surface area (Å²) in [5.41, 5.74) is 2.35. The van der Waals surface area contributed by atoms with Crippen LogP contribution in [0, 0.1) is 6.92 Å². The summed E-state index contributed by atoms with van der Waals surface area (Å²) in [6.07, 6.45) is 1.78. The van der Waals surface area contributed by atoms with Crippen LogP contribution in [-0.2, 0) is 0 Å². The molecular weight excluding hydrogens is 220 g/mol. The Balaban J connectivity index is 1.96. The molecule has 18 heavy (non-hydrogen) atoms. The lowest BCUT2D eigenvalue weighted by molar-refractivity contribution is 1.31. The van der Waals surface area contributed by atoms with Gasteiger partial charge in [-0.2, -0.15) is 0 Å². The fourth-order valence-corrected chi connectivity index (χ4v) is 2.03. The molecule has 0 saturated carbocycles. The van der Waals surface area contributed by atoms with Gasteiger partial charge in [0.2, 0.25) is 0 Å². The van der Waals surface area contributed by atoms with Crippen molar-refractivity contribution < 1.29 is 0 Å². The van der Waals surface area contributed by atoms with E-state index in [4.69, 9.17) is 0 Å². The van der Waals surface area contributed by atoms with E-state index in [0.717, 1.165) is 11.5 Å². The molecule has 0 aliphatic rings. The Bertz CT molecular complexity index is 675. The lowest BCUT2D eigenvalue weighted by atomic mass is 10.1. The predicted octanol–water partition coefficient (Wildman–Crippen LogP) is 4.29. The van der Waals surface area contributed by atoms with E-state index >= 15 is 0 Å². The number of anilines is 2. The molecule has 0 amide bonds. The number of nitrogens with zero attached hydrogens (tertiary/aromatic N) is 1. The Morgan fingerprint density at radius 2 is 1.72 bits per heavy atom. The van der Waals surface area contributed by atoms with Gasteiger partial charge in [-0.25, -0.2) is 4.98 Å². The minimum Gasteiger partial charge on any atom is -0.340 e. The number of rotatable bonds is 2. The number of pyridine rings is 1. The van der Waals surface area contributed by atoms with Crippen LogP contribution in [0.15, 0.2) is 60.8 Å². The number of fused-ring (bicyclic) bond motifs is 1. The molecule has 1 aromatic heterocycles. The molecule has 0 aliphatic heterocycles. The van der Waals surface area contributed by atoms with Gasteiger partial charge < -0.3 is 5.32 Å². The minimum absolute atomic E-state index is 0.865. The average Bonchev–Trinajstić information content (AvgIpc) is 2.40. The molecule has 0 bridgehead atoms. The first-order valence-corrected chi connectivity index (χ1v) is 6.00. The summed E-state index contributed by atoms with van der Waals surface area (Å²) in [6.45, 7) is 2.11. The number of hydrogen-bond acceptors (Lipinski definition) is 2. The van der Waals surface area contributed by atoms with E-state index in [2.05, 4.69) is 53.6 Å². The van der Waals surface area contributed by atoms with E-state index in [1.54, 1.807) is 6.20 Å². The lowest BCUT2D eigenvalue weighted by Crippen LogP contribution is -1.92. The summed E-state index contributed by atoms with van der Waals surface area (Å²) >= 11 is 0. The molecular formula is C16H14N2. The molecule has 0 radical (unpaired) electrons. The van der Waals surface area contributed by atoms with E-state index in [1.807, 2.05) is 18.2 Å². The van der Waals surface area contributed by atoms with Gasteiger partial charge in [-0.1, -0.05) is 35.9 Å². The zero-order valence-corrected chi connectivity index (χ0v) is 10.2. The first-order valence-electron chi connectivity index (χ1n) is 6.00. The summed E-state index contributed by atoms with van der Waals surface area (Å²) in [5, 5.41) is 5.80. The topological polar surface area (TPSA) is 24.9 Å². The summed E-state index contributed by atoms with van der Waals surface area (Å²) in [7, 11) is 0. The van der Waals surface area contributed by atoms with Crippen LogP contribution < -0.4 is 5.32 Å². The third kappa shape index (κ3) is 2.18. The number of aromatic nitrogens is 1. The van der Waals surface area contributed by atoms with Crippen LogP contribution in [0.25, 0.3) is 10.8 Å². The highest BCUT2D eigenvalue weighted by molar-refractivity contribution is 5.86. The second-order valence-corrected chi connectivity index (χ2v) is 4.41. The molecule has 0 spiro atoms. The van der Waals surface area contributed by atoms with Gasteiger partial charge in [0.05, 0.1) is 0 Å². The summed E-state index contributed by atoms with van der Waals surface area (Å²) in [6, 6.07) is 18.7. The normalized spacial score (nSPS) is 10.5. The Labute approximate surface area is 106 Å². The molecule has 88 valence electrons. The van der Waals surface area contributed by atoms with Crippen LogP contribution in [0.1, 0.15) is 5.56 Å². The highest BCUT2D eigenvalue weighted by atomic mass is 15.0. The second kappa shape index (κ2) is 4.49. The quantitative estimate of drug-likeness (QED) is 0.715. The summed E-state index contributed by atoms with van der Waals surface area (Å²) < 4.78 is 0. The first kappa shape index (κ1) is 10.8. The second-order valence-electron chi connectivity index (χ2n) is 4.41.